The van der Waals surface area contributed by atoms with E-state index in [1.807, 2.05) is 30.5 Å². The van der Waals surface area contributed by atoms with Gasteiger partial charge in [0.2, 0.25) is 15.9 Å². The molecule has 110 valence electrons. The lowest BCUT2D eigenvalue weighted by Gasteiger charge is -2.02. The largest absolute Gasteiger partial charge is 0.726 e. The van der Waals surface area contributed by atoms with Gasteiger partial charge >= 0.3 is 0 Å². The molecule has 5 nitrogen and oxygen atoms in total. The van der Waals surface area contributed by atoms with E-state index < -0.39 is 10.4 Å². The lowest BCUT2D eigenvalue weighted by atomic mass is 10.2. The summed E-state index contributed by atoms with van der Waals surface area (Å²) in [5.74, 6) is 0. The maximum Gasteiger partial charge on any atom is 0.217 e. The second kappa shape index (κ2) is 7.54. The maximum atomic E-state index is 9.45. The van der Waals surface area contributed by atoms with Gasteiger partial charge in [-0.3, -0.25) is 4.18 Å². The zero-order valence-electron chi connectivity index (χ0n) is 11.2. The topological polar surface area (TPSA) is 70.3 Å². The summed E-state index contributed by atoms with van der Waals surface area (Å²) >= 11 is 6.07. The summed E-state index contributed by atoms with van der Waals surface area (Å²) in [6.45, 7) is 4.43. The van der Waals surface area contributed by atoms with Crippen molar-refractivity contribution in [3.05, 3.63) is 41.6 Å². The lowest BCUT2D eigenvalue weighted by Crippen LogP contribution is -2.32. The molecule has 1 heterocycles. The first-order chi connectivity index (χ1) is 9.39. The van der Waals surface area contributed by atoms with Gasteiger partial charge in [0.1, 0.15) is 6.54 Å². The Labute approximate surface area is 123 Å². The van der Waals surface area contributed by atoms with Crippen molar-refractivity contribution >= 4 is 32.9 Å². The van der Waals surface area contributed by atoms with Crippen LogP contribution < -0.4 is 4.57 Å². The van der Waals surface area contributed by atoms with Gasteiger partial charge in [0, 0.05) is 12.1 Å². The minimum Gasteiger partial charge on any atom is -0.726 e. The summed E-state index contributed by atoms with van der Waals surface area (Å²) in [5.41, 5.74) is 1.19. The molecule has 0 saturated heterocycles. The summed E-state index contributed by atoms with van der Waals surface area (Å²) < 4.78 is 34.2. The Morgan fingerprint density at radius 1 is 1.25 bits per heavy atom. The molecule has 0 saturated carbocycles. The van der Waals surface area contributed by atoms with Crippen LogP contribution in [0, 0.1) is 0 Å². The Hall–Kier alpha value is -1.21. The number of rotatable bonds is 3. The maximum absolute atomic E-state index is 9.45. The molecule has 0 unspecified atom stereocenters. The van der Waals surface area contributed by atoms with Crippen LogP contribution in [0.3, 0.4) is 0 Å². The highest BCUT2D eigenvalue weighted by atomic mass is 35.5. The Balaban J connectivity index is 0.000000246. The molecule has 1 aromatic carbocycles. The molecule has 0 N–H and O–H groups in total. The molecule has 20 heavy (non-hydrogen) atoms. The van der Waals surface area contributed by atoms with E-state index >= 15 is 0 Å². The van der Waals surface area contributed by atoms with Crippen LogP contribution >= 0.6 is 11.6 Å². The van der Waals surface area contributed by atoms with E-state index in [2.05, 4.69) is 21.7 Å². The second-order valence-corrected chi connectivity index (χ2v) is 5.24. The van der Waals surface area contributed by atoms with Gasteiger partial charge in [-0.15, -0.1) is 0 Å². The average Bonchev–Trinajstić information content (AvgIpc) is 2.39. The molecule has 1 aromatic heterocycles. The first-order valence-corrected chi connectivity index (χ1v) is 7.77. The molecular formula is C13H16ClNO4S. The first-order valence-electron chi connectivity index (χ1n) is 6.06. The zero-order chi connectivity index (χ0) is 15.2. The Bertz CT molecular complexity index is 673. The van der Waals surface area contributed by atoms with Crippen molar-refractivity contribution in [3.63, 3.8) is 0 Å². The molecule has 0 amide bonds. The van der Waals surface area contributed by atoms with Crippen LogP contribution in [-0.2, 0) is 21.1 Å². The number of para-hydroxylation sites is 1. The number of hydrogen-bond acceptors (Lipinski definition) is 4. The Morgan fingerprint density at radius 3 is 2.40 bits per heavy atom. The number of fused-ring (bicyclic) bond motifs is 1. The third-order valence-corrected chi connectivity index (χ3v) is 3.33. The number of pyridine rings is 1. The lowest BCUT2D eigenvalue weighted by molar-refractivity contribution is -0.667. The molecule has 0 radical (unpaired) electrons. The number of aryl methyl sites for hydroxylation is 1. The van der Waals surface area contributed by atoms with E-state index in [1.165, 1.54) is 12.4 Å². The predicted octanol–water partition coefficient (Wildman–Crippen LogP) is 2.28. The van der Waals surface area contributed by atoms with Gasteiger partial charge < -0.3 is 4.55 Å². The standard InChI is InChI=1S/C11H11ClN.C2H6O4S/c1-2-13-8-7-10(12)9-5-3-4-6-11(9)13;1-2-6-7(3,4)5/h3-8H,2H2,1H3;2H2,1H3,(H,3,4,5)/q+1;/p-1. The molecule has 0 fully saturated rings. The first kappa shape index (κ1) is 16.8. The van der Waals surface area contributed by atoms with Gasteiger partial charge in [0.25, 0.3) is 0 Å². The Kier molecular flexibility index (Phi) is 6.35. The summed E-state index contributed by atoms with van der Waals surface area (Å²) in [7, 11) is -4.42. The summed E-state index contributed by atoms with van der Waals surface area (Å²) in [5, 5.41) is 1.94. The molecule has 0 atom stereocenters. The van der Waals surface area contributed by atoms with Crippen molar-refractivity contribution in [1.29, 1.82) is 0 Å². The molecule has 0 aliphatic carbocycles. The van der Waals surface area contributed by atoms with E-state index in [1.54, 1.807) is 0 Å². The molecule has 0 aliphatic heterocycles. The van der Waals surface area contributed by atoms with Crippen molar-refractivity contribution in [1.82, 2.24) is 0 Å². The number of aromatic nitrogens is 1. The summed E-state index contributed by atoms with van der Waals surface area (Å²) in [6.07, 6.45) is 2.02. The van der Waals surface area contributed by atoms with E-state index in [9.17, 15) is 13.0 Å². The number of hydrogen-bond donors (Lipinski definition) is 0. The van der Waals surface area contributed by atoms with Gasteiger partial charge in [-0.1, -0.05) is 23.7 Å². The summed E-state index contributed by atoms with van der Waals surface area (Å²) in [4.78, 5) is 0. The van der Waals surface area contributed by atoms with Crippen LogP contribution in [0.1, 0.15) is 13.8 Å². The van der Waals surface area contributed by atoms with Crippen molar-refractivity contribution in [2.75, 3.05) is 6.61 Å². The zero-order valence-corrected chi connectivity index (χ0v) is 12.8. The fourth-order valence-electron chi connectivity index (χ4n) is 1.67. The smallest absolute Gasteiger partial charge is 0.217 e. The van der Waals surface area contributed by atoms with E-state index in [4.69, 9.17) is 11.6 Å². The SMILES string of the molecule is CCOS(=O)(=O)[O-].CC[n+]1ccc(Cl)c2ccccc21. The number of halogens is 1. The monoisotopic (exact) mass is 317 g/mol. The molecule has 2 rings (SSSR count). The van der Waals surface area contributed by atoms with Crippen molar-refractivity contribution in [2.24, 2.45) is 0 Å². The van der Waals surface area contributed by atoms with Gasteiger partial charge in [0.15, 0.2) is 6.20 Å². The van der Waals surface area contributed by atoms with Crippen LogP contribution in [-0.4, -0.2) is 19.6 Å². The Morgan fingerprint density at radius 2 is 1.90 bits per heavy atom. The minimum absolute atomic E-state index is 0.0914. The van der Waals surface area contributed by atoms with Crippen LogP contribution in [0.15, 0.2) is 36.5 Å². The van der Waals surface area contributed by atoms with Gasteiger partial charge in [0.05, 0.1) is 17.0 Å². The van der Waals surface area contributed by atoms with Crippen LogP contribution in [0.2, 0.25) is 5.02 Å². The molecule has 0 aliphatic rings. The van der Waals surface area contributed by atoms with Crippen molar-refractivity contribution < 1.29 is 21.7 Å². The number of benzene rings is 1. The van der Waals surface area contributed by atoms with Crippen molar-refractivity contribution in [3.8, 4) is 0 Å². The summed E-state index contributed by atoms with van der Waals surface area (Å²) in [6, 6.07) is 10.1. The highest BCUT2D eigenvalue weighted by Gasteiger charge is 2.07. The van der Waals surface area contributed by atoms with E-state index in [-0.39, 0.29) is 6.61 Å². The minimum atomic E-state index is -4.42. The molecule has 0 bridgehead atoms. The van der Waals surface area contributed by atoms with Crippen molar-refractivity contribution in [2.45, 2.75) is 20.4 Å². The molecule has 0 spiro atoms. The average molecular weight is 318 g/mol. The predicted molar refractivity (Wildman–Crippen MR) is 76.2 cm³/mol. The van der Waals surface area contributed by atoms with Gasteiger partial charge in [-0.25, -0.2) is 8.42 Å². The van der Waals surface area contributed by atoms with Crippen LogP contribution in [0.4, 0.5) is 0 Å². The van der Waals surface area contributed by atoms with Crippen LogP contribution in [0.5, 0.6) is 0 Å². The fraction of sp³-hybridized carbons (Fsp3) is 0.308. The fourth-order valence-corrected chi connectivity index (χ4v) is 2.18. The van der Waals surface area contributed by atoms with E-state index in [0.29, 0.717) is 0 Å². The molecular weight excluding hydrogens is 302 g/mol. The van der Waals surface area contributed by atoms with E-state index in [0.717, 1.165) is 17.0 Å². The van der Waals surface area contributed by atoms with Gasteiger partial charge in [-0.05, 0) is 19.9 Å². The normalized spacial score (nSPS) is 11.0. The third-order valence-electron chi connectivity index (χ3n) is 2.47. The van der Waals surface area contributed by atoms with Crippen LogP contribution in [0.25, 0.3) is 10.9 Å². The van der Waals surface area contributed by atoms with Gasteiger partial charge in [-0.2, -0.15) is 4.57 Å². The quantitative estimate of drug-likeness (QED) is 0.495. The molecule has 7 heteroatoms. The highest BCUT2D eigenvalue weighted by molar-refractivity contribution is 7.80. The second-order valence-electron chi connectivity index (χ2n) is 3.78. The molecule has 2 aromatic rings. The highest BCUT2D eigenvalue weighted by Crippen LogP contribution is 2.19. The number of nitrogens with zero attached hydrogens (tertiary/aromatic N) is 1. The third kappa shape index (κ3) is 5.05.